The van der Waals surface area contributed by atoms with Gasteiger partial charge in [-0.1, -0.05) is 51.8 Å². The molecule has 1 amide bonds. The lowest BCUT2D eigenvalue weighted by molar-refractivity contribution is -0.139. The summed E-state index contributed by atoms with van der Waals surface area (Å²) in [6.45, 7) is 7.23. The van der Waals surface area contributed by atoms with E-state index in [4.69, 9.17) is 9.47 Å². The van der Waals surface area contributed by atoms with Crippen LogP contribution in [0.5, 0.6) is 11.5 Å². The van der Waals surface area contributed by atoms with Gasteiger partial charge in [-0.15, -0.1) is 0 Å². The van der Waals surface area contributed by atoms with Crippen molar-refractivity contribution in [3.05, 3.63) is 65.2 Å². The Morgan fingerprint density at radius 1 is 1.06 bits per heavy atom. The second-order valence-electron chi connectivity index (χ2n) is 8.67. The molecule has 0 aliphatic carbocycles. The Morgan fingerprint density at radius 3 is 2.39 bits per heavy atom. The number of ether oxygens (including phenoxy) is 2. The van der Waals surface area contributed by atoms with Crippen LogP contribution in [0.15, 0.2) is 54.1 Å². The van der Waals surface area contributed by atoms with Gasteiger partial charge in [-0.25, -0.2) is 0 Å². The number of hydrogen-bond donors (Lipinski definition) is 1. The number of aliphatic hydroxyl groups is 1. The van der Waals surface area contributed by atoms with Crippen molar-refractivity contribution in [2.24, 2.45) is 5.92 Å². The molecule has 6 nitrogen and oxygen atoms in total. The van der Waals surface area contributed by atoms with Gasteiger partial charge in [0.05, 0.1) is 25.3 Å². The Hall–Kier alpha value is -3.28. The van der Waals surface area contributed by atoms with E-state index in [2.05, 4.69) is 20.8 Å². The van der Waals surface area contributed by atoms with Crippen LogP contribution in [0.3, 0.4) is 0 Å². The highest BCUT2D eigenvalue weighted by Crippen LogP contribution is 2.42. The van der Waals surface area contributed by atoms with Crippen LogP contribution in [0.25, 0.3) is 5.76 Å². The largest absolute Gasteiger partial charge is 0.507 e. The van der Waals surface area contributed by atoms with Crippen LogP contribution in [0.2, 0.25) is 0 Å². The lowest BCUT2D eigenvalue weighted by atomic mass is 9.94. The number of ketones is 1. The standard InChI is InChI=1S/C27H33NO5/c1-5-6-9-16-28-24(21-10-7-8-11-22(21)32-4)23(26(30)27(28)31)25(29)19-12-14-20(15-13-19)33-17-18(2)3/h7-8,10-15,18,24,29H,5-6,9,16-17H2,1-4H3/b25-23-. The number of Topliss-reactive ketones (excluding diaryl/α,β-unsaturated/α-hetero) is 1. The van der Waals surface area contributed by atoms with Gasteiger partial charge in [0, 0.05) is 17.7 Å². The number of amides is 1. The van der Waals surface area contributed by atoms with Crippen molar-refractivity contribution in [1.29, 1.82) is 0 Å². The average Bonchev–Trinajstić information content (AvgIpc) is 3.07. The first-order chi connectivity index (χ1) is 15.9. The van der Waals surface area contributed by atoms with E-state index in [-0.39, 0.29) is 11.3 Å². The van der Waals surface area contributed by atoms with Gasteiger partial charge >= 0.3 is 0 Å². The van der Waals surface area contributed by atoms with E-state index in [1.807, 2.05) is 18.2 Å². The number of nitrogens with zero attached hydrogens (tertiary/aromatic N) is 1. The number of hydrogen-bond acceptors (Lipinski definition) is 5. The van der Waals surface area contributed by atoms with Crippen molar-refractivity contribution in [2.45, 2.75) is 46.1 Å². The SMILES string of the molecule is CCCCCN1C(=O)C(=O)/C(=C(\O)c2ccc(OCC(C)C)cc2)C1c1ccccc1OC. The fourth-order valence-corrected chi connectivity index (χ4v) is 3.99. The molecule has 1 aliphatic heterocycles. The fraction of sp³-hybridized carbons (Fsp3) is 0.407. The predicted molar refractivity (Wildman–Crippen MR) is 128 cm³/mol. The van der Waals surface area contributed by atoms with E-state index in [9.17, 15) is 14.7 Å². The van der Waals surface area contributed by atoms with Crippen LogP contribution in [0.1, 0.15) is 57.2 Å². The normalized spacial score (nSPS) is 17.6. The minimum absolute atomic E-state index is 0.0804. The Balaban J connectivity index is 2.05. The monoisotopic (exact) mass is 451 g/mol. The summed E-state index contributed by atoms with van der Waals surface area (Å²) in [5.41, 5.74) is 1.21. The number of carbonyl (C=O) groups excluding carboxylic acids is 2. The first kappa shape index (κ1) is 24.4. The molecule has 0 spiro atoms. The molecule has 1 unspecified atom stereocenters. The van der Waals surface area contributed by atoms with Gasteiger partial charge < -0.3 is 19.5 Å². The zero-order valence-corrected chi connectivity index (χ0v) is 19.8. The maximum Gasteiger partial charge on any atom is 0.295 e. The van der Waals surface area contributed by atoms with Crippen molar-refractivity contribution < 1.29 is 24.2 Å². The van der Waals surface area contributed by atoms with Crippen LogP contribution in [-0.4, -0.2) is 42.0 Å². The van der Waals surface area contributed by atoms with Gasteiger partial charge in [-0.2, -0.15) is 0 Å². The summed E-state index contributed by atoms with van der Waals surface area (Å²) < 4.78 is 11.2. The average molecular weight is 452 g/mol. The molecule has 0 aromatic heterocycles. The highest BCUT2D eigenvalue weighted by atomic mass is 16.5. The highest BCUT2D eigenvalue weighted by molar-refractivity contribution is 6.46. The summed E-state index contributed by atoms with van der Waals surface area (Å²) in [6.07, 6.45) is 2.71. The molecule has 176 valence electrons. The van der Waals surface area contributed by atoms with Crippen molar-refractivity contribution in [3.63, 3.8) is 0 Å². The molecule has 1 N–H and O–H groups in total. The van der Waals surface area contributed by atoms with E-state index >= 15 is 0 Å². The molecule has 1 heterocycles. The van der Waals surface area contributed by atoms with Crippen molar-refractivity contribution in [3.8, 4) is 11.5 Å². The minimum atomic E-state index is -0.713. The molecule has 2 aromatic carbocycles. The smallest absolute Gasteiger partial charge is 0.295 e. The van der Waals surface area contributed by atoms with Crippen LogP contribution in [-0.2, 0) is 9.59 Å². The van der Waals surface area contributed by atoms with Gasteiger partial charge in [0.2, 0.25) is 0 Å². The molecule has 1 fully saturated rings. The molecular weight excluding hydrogens is 418 g/mol. The molecule has 1 aliphatic rings. The van der Waals surface area contributed by atoms with E-state index in [1.54, 1.807) is 42.3 Å². The molecule has 0 radical (unpaired) electrons. The third-order valence-electron chi connectivity index (χ3n) is 5.69. The predicted octanol–water partition coefficient (Wildman–Crippen LogP) is 5.34. The van der Waals surface area contributed by atoms with E-state index in [1.165, 1.54) is 0 Å². The van der Waals surface area contributed by atoms with Gasteiger partial charge in [-0.3, -0.25) is 9.59 Å². The van der Waals surface area contributed by atoms with Crippen molar-refractivity contribution in [2.75, 3.05) is 20.3 Å². The van der Waals surface area contributed by atoms with E-state index in [0.717, 1.165) is 19.3 Å². The van der Waals surface area contributed by atoms with Gasteiger partial charge in [-0.05, 0) is 42.7 Å². The second kappa shape index (κ2) is 11.0. The van der Waals surface area contributed by atoms with Crippen LogP contribution >= 0.6 is 0 Å². The molecule has 33 heavy (non-hydrogen) atoms. The lowest BCUT2D eigenvalue weighted by Crippen LogP contribution is -2.30. The summed E-state index contributed by atoms with van der Waals surface area (Å²) in [7, 11) is 1.55. The third-order valence-corrected chi connectivity index (χ3v) is 5.69. The third kappa shape index (κ3) is 5.38. The Morgan fingerprint density at radius 2 is 1.76 bits per heavy atom. The number of carbonyl (C=O) groups is 2. The summed E-state index contributed by atoms with van der Waals surface area (Å²) in [4.78, 5) is 27.7. The molecular formula is C27H33NO5. The zero-order chi connectivity index (χ0) is 24.0. The molecule has 2 aromatic rings. The summed E-state index contributed by atoms with van der Waals surface area (Å²) >= 11 is 0. The molecule has 6 heteroatoms. The first-order valence-electron chi connectivity index (χ1n) is 11.5. The molecule has 1 atom stereocenters. The van der Waals surface area contributed by atoms with Crippen LogP contribution in [0, 0.1) is 5.92 Å². The van der Waals surface area contributed by atoms with E-state index < -0.39 is 17.7 Å². The maximum atomic E-state index is 13.1. The summed E-state index contributed by atoms with van der Waals surface area (Å²) in [5, 5.41) is 11.2. The van der Waals surface area contributed by atoms with Gasteiger partial charge in [0.15, 0.2) is 0 Å². The Bertz CT molecular complexity index is 1010. The number of aliphatic hydroxyl groups excluding tert-OH is 1. The summed E-state index contributed by atoms with van der Waals surface area (Å²) in [6, 6.07) is 13.5. The Kier molecular flexibility index (Phi) is 8.15. The number of para-hydroxylation sites is 1. The van der Waals surface area contributed by atoms with Crippen LogP contribution in [0.4, 0.5) is 0 Å². The fourth-order valence-electron chi connectivity index (χ4n) is 3.99. The Labute approximate surface area is 195 Å². The zero-order valence-electron chi connectivity index (χ0n) is 19.8. The number of benzene rings is 2. The molecule has 0 bridgehead atoms. The summed E-state index contributed by atoms with van der Waals surface area (Å²) in [5.74, 6) is 0.163. The minimum Gasteiger partial charge on any atom is -0.507 e. The van der Waals surface area contributed by atoms with Gasteiger partial charge in [0.1, 0.15) is 17.3 Å². The molecule has 0 saturated carbocycles. The first-order valence-corrected chi connectivity index (χ1v) is 11.5. The second-order valence-corrected chi connectivity index (χ2v) is 8.67. The quantitative estimate of drug-likeness (QED) is 0.228. The van der Waals surface area contributed by atoms with Crippen molar-refractivity contribution in [1.82, 2.24) is 4.90 Å². The number of likely N-dealkylation sites (tertiary alicyclic amines) is 1. The van der Waals surface area contributed by atoms with Crippen molar-refractivity contribution >= 4 is 17.4 Å². The highest BCUT2D eigenvalue weighted by Gasteiger charge is 2.46. The number of unbranched alkanes of at least 4 members (excludes halogenated alkanes) is 2. The van der Waals surface area contributed by atoms with Gasteiger partial charge in [0.25, 0.3) is 11.7 Å². The maximum absolute atomic E-state index is 13.1. The molecule has 3 rings (SSSR count). The topological polar surface area (TPSA) is 76.1 Å². The molecule has 1 saturated heterocycles. The lowest BCUT2D eigenvalue weighted by Gasteiger charge is -2.26. The number of rotatable bonds is 10. The number of methoxy groups -OCH3 is 1. The van der Waals surface area contributed by atoms with Crippen LogP contribution < -0.4 is 9.47 Å². The van der Waals surface area contributed by atoms with E-state index in [0.29, 0.717) is 41.7 Å².